The Hall–Kier alpha value is -3.62. The average molecular weight is 480 g/mol. The summed E-state index contributed by atoms with van der Waals surface area (Å²) in [5.74, 6) is -6.37. The molecule has 182 valence electrons. The molecule has 0 aromatic heterocycles. The number of ether oxygens (including phenoxy) is 3. The fourth-order valence-electron chi connectivity index (χ4n) is 3.68. The molecule has 13 heteroatoms. The average Bonchev–Trinajstić information content (AvgIpc) is 2.80. The van der Waals surface area contributed by atoms with Crippen LogP contribution in [0.25, 0.3) is 0 Å². The van der Waals surface area contributed by atoms with Crippen LogP contribution in [0.2, 0.25) is 0 Å². The van der Waals surface area contributed by atoms with Gasteiger partial charge in [0.2, 0.25) is 23.6 Å². The van der Waals surface area contributed by atoms with Crippen molar-refractivity contribution in [2.75, 3.05) is 6.61 Å². The van der Waals surface area contributed by atoms with Gasteiger partial charge in [0, 0.05) is 11.6 Å². The summed E-state index contributed by atoms with van der Waals surface area (Å²) < 4.78 is 16.2. The third-order valence-electron chi connectivity index (χ3n) is 5.50. The molecule has 0 spiro atoms. The number of benzene rings is 2. The lowest BCUT2D eigenvalue weighted by molar-refractivity contribution is -0.277. The summed E-state index contributed by atoms with van der Waals surface area (Å²) in [5.41, 5.74) is -0.720. The first-order chi connectivity index (χ1) is 16.0. The standard InChI is InChI=1S/C21H20O13/c22-5-11-13(27)15(29)17(31)21(32-11)34-19-10(26)4-9(25)12-14(28)16(30)18(33-20(12)19)6-1-2-7(23)8(24)3-6/h1-4,11,13,15,17-18,21-27,29,31H,5H2/t11-,13-,15+,17-,18+,21+/m1/s1. The van der Waals surface area contributed by atoms with E-state index in [1.807, 2.05) is 0 Å². The van der Waals surface area contributed by atoms with Gasteiger partial charge in [0.15, 0.2) is 29.1 Å². The number of carbonyl (C=O) groups excluding carboxylic acids is 2. The molecular weight excluding hydrogens is 460 g/mol. The summed E-state index contributed by atoms with van der Waals surface area (Å²) in [5, 5.41) is 79.2. The molecule has 2 aliphatic heterocycles. The summed E-state index contributed by atoms with van der Waals surface area (Å²) in [6.07, 6.45) is -10.2. The topological polar surface area (TPSA) is 224 Å². The molecule has 0 amide bonds. The van der Waals surface area contributed by atoms with E-state index in [4.69, 9.17) is 14.2 Å². The minimum Gasteiger partial charge on any atom is -0.507 e. The van der Waals surface area contributed by atoms with Gasteiger partial charge < -0.3 is 55.1 Å². The molecule has 0 radical (unpaired) electrons. The van der Waals surface area contributed by atoms with Crippen molar-refractivity contribution in [3.05, 3.63) is 35.4 Å². The lowest BCUT2D eigenvalue weighted by Gasteiger charge is -2.40. The van der Waals surface area contributed by atoms with E-state index in [9.17, 15) is 50.4 Å². The molecule has 2 aromatic carbocycles. The lowest BCUT2D eigenvalue weighted by atomic mass is 9.93. The maximum atomic E-state index is 12.8. The number of carbonyl (C=O) groups is 2. The van der Waals surface area contributed by atoms with Crippen molar-refractivity contribution >= 4 is 11.6 Å². The Morgan fingerprint density at radius 1 is 0.853 bits per heavy atom. The summed E-state index contributed by atoms with van der Waals surface area (Å²) in [4.78, 5) is 25.4. The second-order valence-corrected chi connectivity index (χ2v) is 7.70. The van der Waals surface area contributed by atoms with Crippen molar-refractivity contribution in [1.82, 2.24) is 0 Å². The van der Waals surface area contributed by atoms with Crippen molar-refractivity contribution in [3.8, 4) is 34.5 Å². The minimum absolute atomic E-state index is 0.0547. The van der Waals surface area contributed by atoms with E-state index in [2.05, 4.69) is 0 Å². The molecule has 34 heavy (non-hydrogen) atoms. The molecular formula is C21H20O13. The van der Waals surface area contributed by atoms with E-state index in [-0.39, 0.29) is 5.56 Å². The summed E-state index contributed by atoms with van der Waals surface area (Å²) in [7, 11) is 0. The van der Waals surface area contributed by atoms with Gasteiger partial charge >= 0.3 is 0 Å². The molecule has 2 heterocycles. The van der Waals surface area contributed by atoms with E-state index in [0.717, 1.165) is 12.1 Å². The second kappa shape index (κ2) is 8.62. The number of hydrogen-bond donors (Lipinski definition) is 8. The summed E-state index contributed by atoms with van der Waals surface area (Å²) >= 11 is 0. The van der Waals surface area contributed by atoms with E-state index in [0.29, 0.717) is 6.07 Å². The number of rotatable bonds is 4. The zero-order valence-corrected chi connectivity index (χ0v) is 17.1. The Labute approximate surface area is 190 Å². The van der Waals surface area contributed by atoms with E-state index >= 15 is 0 Å². The predicted octanol–water partition coefficient (Wildman–Crippen LogP) is -1.43. The molecule has 6 atom stereocenters. The van der Waals surface area contributed by atoms with Gasteiger partial charge in [0.1, 0.15) is 35.7 Å². The minimum atomic E-state index is -1.88. The summed E-state index contributed by atoms with van der Waals surface area (Å²) in [6, 6.07) is 3.89. The number of hydrogen-bond acceptors (Lipinski definition) is 13. The van der Waals surface area contributed by atoms with Crippen LogP contribution in [0.15, 0.2) is 24.3 Å². The highest BCUT2D eigenvalue weighted by atomic mass is 16.7. The number of aliphatic hydroxyl groups is 4. The van der Waals surface area contributed by atoms with Gasteiger partial charge in [-0.05, 0) is 12.1 Å². The van der Waals surface area contributed by atoms with Crippen molar-refractivity contribution in [2.24, 2.45) is 0 Å². The largest absolute Gasteiger partial charge is 0.507 e. The number of phenols is 4. The van der Waals surface area contributed by atoms with Gasteiger partial charge in [-0.1, -0.05) is 6.07 Å². The number of Topliss-reactive ketones (excluding diaryl/α,β-unsaturated/α-hetero) is 2. The van der Waals surface area contributed by atoms with Crippen molar-refractivity contribution < 1.29 is 64.7 Å². The Kier molecular flexibility index (Phi) is 5.97. The van der Waals surface area contributed by atoms with Crippen molar-refractivity contribution in [2.45, 2.75) is 36.8 Å². The van der Waals surface area contributed by atoms with Crippen LogP contribution in [0.4, 0.5) is 0 Å². The van der Waals surface area contributed by atoms with Gasteiger partial charge in [-0.2, -0.15) is 0 Å². The van der Waals surface area contributed by atoms with Crippen molar-refractivity contribution in [3.63, 3.8) is 0 Å². The number of phenolic OH excluding ortho intramolecular Hbond substituents is 4. The van der Waals surface area contributed by atoms with Crippen LogP contribution in [-0.2, 0) is 9.53 Å². The molecule has 1 fully saturated rings. The quantitative estimate of drug-likeness (QED) is 0.186. The molecule has 0 bridgehead atoms. The van der Waals surface area contributed by atoms with E-state index in [1.165, 1.54) is 6.07 Å². The molecule has 2 aromatic rings. The normalized spacial score (nSPS) is 28.8. The first kappa shape index (κ1) is 23.5. The SMILES string of the molecule is O=C1C(=O)[C@H](c2ccc(O)c(O)c2)Oc2c(O[C@@H]3O[C@H](CO)[C@@H](O)[C@H](O)[C@H]3O)c(O)cc(O)c21. The molecule has 0 aliphatic carbocycles. The number of aromatic hydroxyl groups is 4. The van der Waals surface area contributed by atoms with Crippen molar-refractivity contribution in [1.29, 1.82) is 0 Å². The van der Waals surface area contributed by atoms with E-state index in [1.54, 1.807) is 0 Å². The van der Waals surface area contributed by atoms with E-state index < -0.39 is 95.0 Å². The Morgan fingerprint density at radius 2 is 1.56 bits per heavy atom. The molecule has 8 N–H and O–H groups in total. The Morgan fingerprint density at radius 3 is 2.21 bits per heavy atom. The van der Waals surface area contributed by atoms with Gasteiger partial charge in [0.25, 0.3) is 0 Å². The number of fused-ring (bicyclic) bond motifs is 1. The van der Waals surface area contributed by atoms with Crippen LogP contribution in [0, 0.1) is 0 Å². The fourth-order valence-corrected chi connectivity index (χ4v) is 3.68. The predicted molar refractivity (Wildman–Crippen MR) is 107 cm³/mol. The zero-order chi connectivity index (χ0) is 24.9. The van der Waals surface area contributed by atoms with Crippen LogP contribution in [0.1, 0.15) is 22.0 Å². The van der Waals surface area contributed by atoms with Crippen LogP contribution >= 0.6 is 0 Å². The monoisotopic (exact) mass is 480 g/mol. The molecule has 0 saturated carbocycles. The van der Waals surface area contributed by atoms with Crippen LogP contribution in [-0.4, -0.2) is 89.7 Å². The molecule has 0 unspecified atom stereocenters. The van der Waals surface area contributed by atoms with Gasteiger partial charge in [-0.15, -0.1) is 0 Å². The van der Waals surface area contributed by atoms with Gasteiger partial charge in [0.05, 0.1) is 6.61 Å². The number of aliphatic hydroxyl groups excluding tert-OH is 4. The smallest absolute Gasteiger partial charge is 0.248 e. The number of ketones is 2. The lowest BCUT2D eigenvalue weighted by Crippen LogP contribution is -2.60. The highest BCUT2D eigenvalue weighted by molar-refractivity contribution is 6.47. The highest BCUT2D eigenvalue weighted by Gasteiger charge is 2.47. The fraction of sp³-hybridized carbons (Fsp3) is 0.333. The van der Waals surface area contributed by atoms with Crippen LogP contribution < -0.4 is 9.47 Å². The van der Waals surface area contributed by atoms with Gasteiger partial charge in [-0.25, -0.2) is 0 Å². The Balaban J connectivity index is 1.76. The highest BCUT2D eigenvalue weighted by Crippen LogP contribution is 2.50. The first-order valence-electron chi connectivity index (χ1n) is 9.88. The second-order valence-electron chi connectivity index (χ2n) is 7.70. The molecule has 13 nitrogen and oxygen atoms in total. The first-order valence-corrected chi connectivity index (χ1v) is 9.88. The summed E-state index contributed by atoms with van der Waals surface area (Å²) in [6.45, 7) is -0.764. The maximum absolute atomic E-state index is 12.8. The third-order valence-corrected chi connectivity index (χ3v) is 5.50. The van der Waals surface area contributed by atoms with Gasteiger partial charge in [-0.3, -0.25) is 9.59 Å². The Bertz CT molecular complexity index is 1140. The third kappa shape index (κ3) is 3.74. The molecule has 1 saturated heterocycles. The maximum Gasteiger partial charge on any atom is 0.248 e. The molecule has 4 rings (SSSR count). The van der Waals surface area contributed by atoms with Crippen LogP contribution in [0.5, 0.6) is 34.5 Å². The van der Waals surface area contributed by atoms with Crippen LogP contribution in [0.3, 0.4) is 0 Å². The zero-order valence-electron chi connectivity index (χ0n) is 17.1. The molecule has 2 aliphatic rings.